The highest BCUT2D eigenvalue weighted by molar-refractivity contribution is 5.33. The molecule has 0 radical (unpaired) electrons. The third kappa shape index (κ3) is 1.42. The second-order valence-corrected chi connectivity index (χ2v) is 2.63. The zero-order valence-electron chi connectivity index (χ0n) is 5.72. The standard InChI is InChI=1S/C7H10FNO/c8-4-6-2-1-3-7(6)9-5-10/h6-7H,1-4H2. The summed E-state index contributed by atoms with van der Waals surface area (Å²) in [6.07, 6.45) is 4.19. The monoisotopic (exact) mass is 143 g/mol. The van der Waals surface area contributed by atoms with E-state index >= 15 is 0 Å². The highest BCUT2D eigenvalue weighted by Gasteiger charge is 2.26. The van der Waals surface area contributed by atoms with Gasteiger partial charge in [-0.2, -0.15) is 0 Å². The summed E-state index contributed by atoms with van der Waals surface area (Å²) < 4.78 is 12.1. The molecule has 2 atom stereocenters. The van der Waals surface area contributed by atoms with Crippen molar-refractivity contribution in [3.8, 4) is 0 Å². The maximum absolute atomic E-state index is 12.1. The molecule has 0 aromatic heterocycles. The molecule has 0 bridgehead atoms. The molecule has 1 saturated carbocycles. The van der Waals surface area contributed by atoms with E-state index in [-0.39, 0.29) is 18.6 Å². The van der Waals surface area contributed by atoms with Gasteiger partial charge in [-0.05, 0) is 12.8 Å². The van der Waals surface area contributed by atoms with Crippen LogP contribution in [0, 0.1) is 5.92 Å². The first-order chi connectivity index (χ1) is 4.88. The number of hydrogen-bond donors (Lipinski definition) is 0. The van der Waals surface area contributed by atoms with Crippen molar-refractivity contribution in [3.63, 3.8) is 0 Å². The second-order valence-electron chi connectivity index (χ2n) is 2.63. The molecule has 1 rings (SSSR count). The number of hydrogen-bond acceptors (Lipinski definition) is 2. The van der Waals surface area contributed by atoms with Crippen LogP contribution in [0.25, 0.3) is 0 Å². The summed E-state index contributed by atoms with van der Waals surface area (Å²) in [5.74, 6) is -0.0125. The van der Waals surface area contributed by atoms with Crippen molar-refractivity contribution in [2.45, 2.75) is 25.3 Å². The summed E-state index contributed by atoms with van der Waals surface area (Å²) >= 11 is 0. The molecule has 1 fully saturated rings. The van der Waals surface area contributed by atoms with Gasteiger partial charge in [-0.15, -0.1) is 0 Å². The van der Waals surface area contributed by atoms with Gasteiger partial charge in [-0.3, -0.25) is 4.39 Å². The molecule has 0 aromatic rings. The molecule has 1 aliphatic rings. The quantitative estimate of drug-likeness (QED) is 0.425. The van der Waals surface area contributed by atoms with Gasteiger partial charge in [0.1, 0.15) is 0 Å². The van der Waals surface area contributed by atoms with E-state index in [2.05, 4.69) is 4.99 Å². The van der Waals surface area contributed by atoms with Gasteiger partial charge in [0.2, 0.25) is 6.08 Å². The van der Waals surface area contributed by atoms with Crippen LogP contribution in [0.2, 0.25) is 0 Å². The Balaban J connectivity index is 2.49. The molecule has 1 aliphatic carbocycles. The summed E-state index contributed by atoms with van der Waals surface area (Å²) in [7, 11) is 0. The molecule has 0 aromatic carbocycles. The molecule has 2 unspecified atom stereocenters. The van der Waals surface area contributed by atoms with Gasteiger partial charge in [-0.25, -0.2) is 9.79 Å². The van der Waals surface area contributed by atoms with Crippen LogP contribution < -0.4 is 0 Å². The number of aliphatic imine (C=N–C) groups is 1. The molecule has 0 amide bonds. The van der Waals surface area contributed by atoms with E-state index in [1.54, 1.807) is 0 Å². The summed E-state index contributed by atoms with van der Waals surface area (Å²) in [6.45, 7) is -0.351. The molecule has 2 nitrogen and oxygen atoms in total. The number of isocyanates is 1. The largest absolute Gasteiger partial charge is 0.251 e. The van der Waals surface area contributed by atoms with Crippen LogP contribution in [0.4, 0.5) is 4.39 Å². The maximum Gasteiger partial charge on any atom is 0.235 e. The molecular weight excluding hydrogens is 133 g/mol. The minimum atomic E-state index is -0.351. The topological polar surface area (TPSA) is 29.4 Å². The fraction of sp³-hybridized carbons (Fsp3) is 0.857. The molecule has 0 aliphatic heterocycles. The lowest BCUT2D eigenvalue weighted by molar-refractivity contribution is 0.342. The highest BCUT2D eigenvalue weighted by Crippen LogP contribution is 2.27. The van der Waals surface area contributed by atoms with Crippen LogP contribution >= 0.6 is 0 Å². The Kier molecular flexibility index (Phi) is 2.57. The van der Waals surface area contributed by atoms with Crippen LogP contribution in [0.1, 0.15) is 19.3 Å². The van der Waals surface area contributed by atoms with Crippen LogP contribution in [0.3, 0.4) is 0 Å². The Morgan fingerprint density at radius 2 is 2.40 bits per heavy atom. The fourth-order valence-corrected chi connectivity index (χ4v) is 1.43. The zero-order valence-corrected chi connectivity index (χ0v) is 5.72. The third-order valence-corrected chi connectivity index (χ3v) is 2.04. The minimum Gasteiger partial charge on any atom is -0.251 e. The van der Waals surface area contributed by atoms with Gasteiger partial charge in [0.15, 0.2) is 0 Å². The molecule has 0 heterocycles. The van der Waals surface area contributed by atoms with E-state index < -0.39 is 0 Å². The van der Waals surface area contributed by atoms with Crippen LogP contribution in [-0.4, -0.2) is 18.8 Å². The van der Waals surface area contributed by atoms with Crippen LogP contribution in [0.5, 0.6) is 0 Å². The number of alkyl halides is 1. The van der Waals surface area contributed by atoms with E-state index in [4.69, 9.17) is 0 Å². The van der Waals surface area contributed by atoms with Crippen molar-refractivity contribution in [1.82, 2.24) is 0 Å². The first-order valence-electron chi connectivity index (χ1n) is 3.51. The molecule has 0 saturated heterocycles. The van der Waals surface area contributed by atoms with Crippen LogP contribution in [0.15, 0.2) is 4.99 Å². The molecule has 10 heavy (non-hydrogen) atoms. The average Bonchev–Trinajstić information content (AvgIpc) is 2.36. The summed E-state index contributed by atoms with van der Waals surface area (Å²) in [5.41, 5.74) is 0. The predicted octanol–water partition coefficient (Wildman–Crippen LogP) is 1.46. The van der Waals surface area contributed by atoms with Crippen LogP contribution in [-0.2, 0) is 4.79 Å². The zero-order chi connectivity index (χ0) is 7.40. The number of nitrogens with zero attached hydrogens (tertiary/aromatic N) is 1. The van der Waals surface area contributed by atoms with Gasteiger partial charge in [-0.1, -0.05) is 6.42 Å². The molecule has 3 heteroatoms. The van der Waals surface area contributed by atoms with Crippen molar-refractivity contribution in [2.24, 2.45) is 10.9 Å². The first-order valence-corrected chi connectivity index (χ1v) is 3.51. The minimum absolute atomic E-state index is 0.0125. The fourth-order valence-electron chi connectivity index (χ4n) is 1.43. The van der Waals surface area contributed by atoms with Crippen molar-refractivity contribution in [3.05, 3.63) is 0 Å². The highest BCUT2D eigenvalue weighted by atomic mass is 19.1. The molecule has 0 spiro atoms. The van der Waals surface area contributed by atoms with Gasteiger partial charge < -0.3 is 0 Å². The number of carbonyl (C=O) groups excluding carboxylic acids is 1. The molecular formula is C7H10FNO. The van der Waals surface area contributed by atoms with Crippen molar-refractivity contribution < 1.29 is 9.18 Å². The molecule has 56 valence electrons. The first kappa shape index (κ1) is 7.42. The van der Waals surface area contributed by atoms with E-state index in [0.29, 0.717) is 0 Å². The van der Waals surface area contributed by atoms with E-state index in [0.717, 1.165) is 19.3 Å². The Morgan fingerprint density at radius 1 is 1.60 bits per heavy atom. The van der Waals surface area contributed by atoms with Gasteiger partial charge >= 0.3 is 0 Å². The molecule has 0 N–H and O–H groups in total. The Hall–Kier alpha value is -0.690. The van der Waals surface area contributed by atoms with E-state index in [1.165, 1.54) is 6.08 Å². The lowest BCUT2D eigenvalue weighted by Crippen LogP contribution is -2.12. The number of halogens is 1. The van der Waals surface area contributed by atoms with Gasteiger partial charge in [0.05, 0.1) is 12.7 Å². The number of rotatable bonds is 2. The summed E-state index contributed by atoms with van der Waals surface area (Å²) in [4.78, 5) is 13.3. The van der Waals surface area contributed by atoms with Gasteiger partial charge in [0, 0.05) is 5.92 Å². The Morgan fingerprint density at radius 3 is 3.00 bits per heavy atom. The van der Waals surface area contributed by atoms with Crippen molar-refractivity contribution in [2.75, 3.05) is 6.67 Å². The maximum atomic E-state index is 12.1. The van der Waals surface area contributed by atoms with Gasteiger partial charge in [0.25, 0.3) is 0 Å². The van der Waals surface area contributed by atoms with E-state index in [1.807, 2.05) is 0 Å². The SMILES string of the molecule is O=C=NC1CCCC1CF. The third-order valence-electron chi connectivity index (χ3n) is 2.04. The second kappa shape index (κ2) is 3.47. The Labute approximate surface area is 59.1 Å². The van der Waals surface area contributed by atoms with E-state index in [9.17, 15) is 9.18 Å². The Bertz CT molecular complexity index is 154. The van der Waals surface area contributed by atoms with Crippen molar-refractivity contribution in [1.29, 1.82) is 0 Å². The summed E-state index contributed by atoms with van der Waals surface area (Å²) in [6, 6.07) is -0.0810. The average molecular weight is 143 g/mol. The predicted molar refractivity (Wildman–Crippen MR) is 35.2 cm³/mol. The smallest absolute Gasteiger partial charge is 0.235 e. The lowest BCUT2D eigenvalue weighted by atomic mass is 10.1. The lowest BCUT2D eigenvalue weighted by Gasteiger charge is -2.07. The van der Waals surface area contributed by atoms with Crippen molar-refractivity contribution >= 4 is 6.08 Å². The normalized spacial score (nSPS) is 31.7. The summed E-state index contributed by atoms with van der Waals surface area (Å²) in [5, 5.41) is 0.